The van der Waals surface area contributed by atoms with Crippen molar-refractivity contribution < 1.29 is 4.79 Å². The Morgan fingerprint density at radius 2 is 2.00 bits per heavy atom. The maximum Gasteiger partial charge on any atom is 0.263 e. The van der Waals surface area contributed by atoms with Crippen LogP contribution in [0.1, 0.15) is 22.5 Å². The molecule has 6 heteroatoms. The van der Waals surface area contributed by atoms with Crippen molar-refractivity contribution in [2.45, 2.75) is 18.9 Å². The summed E-state index contributed by atoms with van der Waals surface area (Å²) in [6.07, 6.45) is 2.20. The number of rotatable bonds is 3. The average Bonchev–Trinajstić information content (AvgIpc) is 3.05. The highest BCUT2D eigenvalue weighted by atomic mass is 35.5. The van der Waals surface area contributed by atoms with E-state index in [4.69, 9.17) is 11.6 Å². The summed E-state index contributed by atoms with van der Waals surface area (Å²) in [4.78, 5) is 16.5. The van der Waals surface area contributed by atoms with Crippen LogP contribution in [-0.4, -0.2) is 37.0 Å². The van der Waals surface area contributed by atoms with Crippen molar-refractivity contribution in [3.05, 3.63) is 46.3 Å². The highest BCUT2D eigenvalue weighted by molar-refractivity contribution is 7.17. The van der Waals surface area contributed by atoms with E-state index in [1.165, 1.54) is 0 Å². The molecule has 0 spiro atoms. The lowest BCUT2D eigenvalue weighted by molar-refractivity contribution is 0.0703. The Balaban J connectivity index is 0.00000192. The Bertz CT molecular complexity index is 657. The van der Waals surface area contributed by atoms with Gasteiger partial charge in [-0.25, -0.2) is 0 Å². The molecule has 1 unspecified atom stereocenters. The van der Waals surface area contributed by atoms with Crippen LogP contribution in [0, 0.1) is 0 Å². The second-order valence-corrected chi connectivity index (χ2v) is 7.07. The van der Waals surface area contributed by atoms with E-state index < -0.39 is 0 Å². The van der Waals surface area contributed by atoms with Gasteiger partial charge in [0.05, 0.1) is 4.88 Å². The van der Waals surface area contributed by atoms with Crippen LogP contribution in [0.3, 0.4) is 0 Å². The minimum Gasteiger partial charge on any atom is -0.336 e. The molecule has 0 aliphatic carbocycles. The zero-order chi connectivity index (χ0) is 15.5. The van der Waals surface area contributed by atoms with E-state index in [-0.39, 0.29) is 18.3 Å². The van der Waals surface area contributed by atoms with Crippen LogP contribution in [0.5, 0.6) is 0 Å². The number of thiophene rings is 1. The van der Waals surface area contributed by atoms with Gasteiger partial charge in [-0.15, -0.1) is 23.7 Å². The van der Waals surface area contributed by atoms with Crippen molar-refractivity contribution in [3.63, 3.8) is 0 Å². The van der Waals surface area contributed by atoms with Gasteiger partial charge in [-0.2, -0.15) is 0 Å². The van der Waals surface area contributed by atoms with Crippen LogP contribution in [0.4, 0.5) is 0 Å². The quantitative estimate of drug-likeness (QED) is 0.872. The Morgan fingerprint density at radius 3 is 2.70 bits per heavy atom. The first-order valence-electron chi connectivity index (χ1n) is 7.49. The molecule has 23 heavy (non-hydrogen) atoms. The van der Waals surface area contributed by atoms with E-state index in [0.29, 0.717) is 6.04 Å². The summed E-state index contributed by atoms with van der Waals surface area (Å²) in [6, 6.07) is 12.1. The SMILES string of the molecule is CNC1CCCN(C(=O)c2ccc(-c3ccc(Cl)cc3)s2)C1.Cl. The topological polar surface area (TPSA) is 32.3 Å². The molecular formula is C17H20Cl2N2OS. The van der Waals surface area contributed by atoms with Crippen LogP contribution >= 0.6 is 35.3 Å². The zero-order valence-electron chi connectivity index (χ0n) is 12.9. The minimum absolute atomic E-state index is 0. The maximum atomic E-state index is 12.6. The van der Waals surface area contributed by atoms with Crippen LogP contribution < -0.4 is 5.32 Å². The van der Waals surface area contributed by atoms with Crippen molar-refractivity contribution in [3.8, 4) is 10.4 Å². The standard InChI is InChI=1S/C17H19ClN2OS.ClH/c1-19-14-3-2-10-20(11-14)17(21)16-9-8-15(22-16)12-4-6-13(18)7-5-12;/h4-9,14,19H,2-3,10-11H2,1H3;1H. The van der Waals surface area contributed by atoms with Gasteiger partial charge in [0.25, 0.3) is 5.91 Å². The number of halogens is 2. The Labute approximate surface area is 152 Å². The summed E-state index contributed by atoms with van der Waals surface area (Å²) in [5.74, 6) is 0.144. The fourth-order valence-electron chi connectivity index (χ4n) is 2.78. The summed E-state index contributed by atoms with van der Waals surface area (Å²) in [5.41, 5.74) is 1.10. The van der Waals surface area contributed by atoms with Crippen molar-refractivity contribution in [1.29, 1.82) is 0 Å². The van der Waals surface area contributed by atoms with E-state index in [1.807, 2.05) is 48.3 Å². The summed E-state index contributed by atoms with van der Waals surface area (Å²) >= 11 is 7.47. The molecule has 1 atom stereocenters. The number of amides is 1. The van der Waals surface area contributed by atoms with Gasteiger partial charge in [0.2, 0.25) is 0 Å². The number of hydrogen-bond acceptors (Lipinski definition) is 3. The van der Waals surface area contributed by atoms with E-state index in [9.17, 15) is 4.79 Å². The molecule has 3 nitrogen and oxygen atoms in total. The molecule has 1 fully saturated rings. The third-order valence-electron chi connectivity index (χ3n) is 4.06. The lowest BCUT2D eigenvalue weighted by Gasteiger charge is -2.32. The Kier molecular flexibility index (Phi) is 6.48. The molecule has 1 aromatic carbocycles. The number of likely N-dealkylation sites (N-methyl/N-ethyl adjacent to an activating group) is 1. The number of carbonyl (C=O) groups is 1. The molecule has 0 radical (unpaired) electrons. The number of nitrogens with zero attached hydrogens (tertiary/aromatic N) is 1. The van der Waals surface area contributed by atoms with Crippen molar-refractivity contribution in [1.82, 2.24) is 10.2 Å². The zero-order valence-corrected chi connectivity index (χ0v) is 15.3. The molecule has 2 aromatic rings. The van der Waals surface area contributed by atoms with Crippen LogP contribution in [-0.2, 0) is 0 Å². The Morgan fingerprint density at radius 1 is 1.26 bits per heavy atom. The summed E-state index contributed by atoms with van der Waals surface area (Å²) in [5, 5.41) is 4.00. The van der Waals surface area contributed by atoms with Gasteiger partial charge < -0.3 is 10.2 Å². The van der Waals surface area contributed by atoms with E-state index >= 15 is 0 Å². The first-order chi connectivity index (χ1) is 10.7. The third kappa shape index (κ3) is 4.27. The van der Waals surface area contributed by atoms with Gasteiger partial charge in [-0.1, -0.05) is 23.7 Å². The molecule has 2 heterocycles. The average molecular weight is 371 g/mol. The van der Waals surface area contributed by atoms with Gasteiger partial charge in [0, 0.05) is 29.0 Å². The van der Waals surface area contributed by atoms with Crippen molar-refractivity contribution in [2.24, 2.45) is 0 Å². The maximum absolute atomic E-state index is 12.6. The van der Waals surface area contributed by atoms with Crippen molar-refractivity contribution >= 4 is 41.3 Å². The lowest BCUT2D eigenvalue weighted by atomic mass is 10.1. The van der Waals surface area contributed by atoms with E-state index in [0.717, 1.165) is 46.3 Å². The molecule has 3 rings (SSSR count). The van der Waals surface area contributed by atoms with Gasteiger partial charge in [-0.3, -0.25) is 4.79 Å². The fourth-order valence-corrected chi connectivity index (χ4v) is 3.88. The molecule has 1 amide bonds. The molecule has 0 bridgehead atoms. The Hall–Kier alpha value is -1.07. The highest BCUT2D eigenvalue weighted by Gasteiger charge is 2.24. The van der Waals surface area contributed by atoms with Gasteiger partial charge in [-0.05, 0) is 49.7 Å². The molecule has 0 saturated carbocycles. The first kappa shape index (κ1) is 18.3. The monoisotopic (exact) mass is 370 g/mol. The normalized spacial score (nSPS) is 17.7. The van der Waals surface area contributed by atoms with Crippen molar-refractivity contribution in [2.75, 3.05) is 20.1 Å². The largest absolute Gasteiger partial charge is 0.336 e. The fraction of sp³-hybridized carbons (Fsp3) is 0.353. The van der Waals surface area contributed by atoms with Crippen LogP contribution in [0.2, 0.25) is 5.02 Å². The molecule has 1 saturated heterocycles. The highest BCUT2D eigenvalue weighted by Crippen LogP contribution is 2.30. The minimum atomic E-state index is 0. The molecular weight excluding hydrogens is 351 g/mol. The summed E-state index contributed by atoms with van der Waals surface area (Å²) < 4.78 is 0. The number of nitrogens with one attached hydrogen (secondary N) is 1. The molecule has 1 aliphatic rings. The number of carbonyl (C=O) groups excluding carboxylic acids is 1. The second-order valence-electron chi connectivity index (χ2n) is 5.55. The number of hydrogen-bond donors (Lipinski definition) is 1. The number of likely N-dealkylation sites (tertiary alicyclic amines) is 1. The molecule has 1 aliphatic heterocycles. The molecule has 1 N–H and O–H groups in total. The molecule has 1 aromatic heterocycles. The predicted molar refractivity (Wildman–Crippen MR) is 100.0 cm³/mol. The molecule has 124 valence electrons. The second kappa shape index (κ2) is 8.15. The predicted octanol–water partition coefficient (Wildman–Crippen LogP) is 4.31. The summed E-state index contributed by atoms with van der Waals surface area (Å²) in [7, 11) is 1.96. The van der Waals surface area contributed by atoms with Gasteiger partial charge in [0.15, 0.2) is 0 Å². The van der Waals surface area contributed by atoms with Gasteiger partial charge in [0.1, 0.15) is 0 Å². The first-order valence-corrected chi connectivity index (χ1v) is 8.69. The summed E-state index contributed by atoms with van der Waals surface area (Å²) in [6.45, 7) is 1.65. The number of piperidine rings is 1. The number of benzene rings is 1. The smallest absolute Gasteiger partial charge is 0.263 e. The van der Waals surface area contributed by atoms with Crippen LogP contribution in [0.25, 0.3) is 10.4 Å². The van der Waals surface area contributed by atoms with E-state index in [2.05, 4.69) is 5.32 Å². The van der Waals surface area contributed by atoms with E-state index in [1.54, 1.807) is 11.3 Å². The lowest BCUT2D eigenvalue weighted by Crippen LogP contribution is -2.46. The van der Waals surface area contributed by atoms with Crippen LogP contribution in [0.15, 0.2) is 36.4 Å². The third-order valence-corrected chi connectivity index (χ3v) is 5.44. The van der Waals surface area contributed by atoms with Gasteiger partial charge >= 0.3 is 0 Å².